The van der Waals surface area contributed by atoms with Crippen molar-refractivity contribution >= 4 is 6.29 Å². The minimum Gasteiger partial charge on any atom is -0.303 e. The minimum atomic E-state index is 0.762. The van der Waals surface area contributed by atoms with Crippen LogP contribution in [0, 0.1) is 5.92 Å². The van der Waals surface area contributed by atoms with E-state index in [1.54, 1.807) is 0 Å². The molecule has 1 heteroatoms. The van der Waals surface area contributed by atoms with E-state index in [9.17, 15) is 4.79 Å². The lowest BCUT2D eigenvalue weighted by atomic mass is 10.0. The lowest BCUT2D eigenvalue weighted by Gasteiger charge is -2.05. The van der Waals surface area contributed by atoms with E-state index >= 15 is 0 Å². The third-order valence-corrected chi connectivity index (χ3v) is 4.60. The fourth-order valence-electron chi connectivity index (χ4n) is 3.08. The summed E-state index contributed by atoms with van der Waals surface area (Å²) in [5.74, 6) is 0.886. The Labute approximate surface area is 140 Å². The molecule has 0 rings (SSSR count). The first-order valence-corrected chi connectivity index (χ1v) is 10.2. The first-order chi connectivity index (χ1) is 10.8. The Balaban J connectivity index is 2.95. The largest absolute Gasteiger partial charge is 0.303 e. The van der Waals surface area contributed by atoms with Crippen molar-refractivity contribution in [2.45, 2.75) is 123 Å². The standard InChI is InChI=1S/C21H42O/c1-21(2)19-17-15-13-11-9-7-5-3-4-6-8-10-12-14-16-18-20-22/h20-21H,3-19H2,1-2H3. The molecule has 0 aliphatic rings. The van der Waals surface area contributed by atoms with Gasteiger partial charge in [0, 0.05) is 6.42 Å². The zero-order chi connectivity index (χ0) is 16.3. The summed E-state index contributed by atoms with van der Waals surface area (Å²) in [6, 6.07) is 0. The van der Waals surface area contributed by atoms with Crippen LogP contribution in [0.15, 0.2) is 0 Å². The van der Waals surface area contributed by atoms with E-state index in [-0.39, 0.29) is 0 Å². The fraction of sp³-hybridized carbons (Fsp3) is 0.952. The van der Waals surface area contributed by atoms with Crippen LogP contribution in [0.1, 0.15) is 123 Å². The van der Waals surface area contributed by atoms with Gasteiger partial charge in [-0.1, -0.05) is 110 Å². The van der Waals surface area contributed by atoms with E-state index in [4.69, 9.17) is 0 Å². The molecule has 0 atom stereocenters. The number of aldehydes is 1. The van der Waals surface area contributed by atoms with Gasteiger partial charge in [-0.05, 0) is 12.3 Å². The van der Waals surface area contributed by atoms with Crippen LogP contribution in [0.3, 0.4) is 0 Å². The van der Waals surface area contributed by atoms with Gasteiger partial charge in [0.05, 0.1) is 0 Å². The lowest BCUT2D eigenvalue weighted by molar-refractivity contribution is -0.107. The molecule has 0 aliphatic heterocycles. The van der Waals surface area contributed by atoms with Gasteiger partial charge >= 0.3 is 0 Å². The van der Waals surface area contributed by atoms with Crippen LogP contribution in [0.2, 0.25) is 0 Å². The van der Waals surface area contributed by atoms with Crippen molar-refractivity contribution in [1.29, 1.82) is 0 Å². The van der Waals surface area contributed by atoms with Gasteiger partial charge in [-0.15, -0.1) is 0 Å². The van der Waals surface area contributed by atoms with Gasteiger partial charge in [0.1, 0.15) is 6.29 Å². The van der Waals surface area contributed by atoms with Gasteiger partial charge in [0.15, 0.2) is 0 Å². The average molecular weight is 311 g/mol. The maximum absolute atomic E-state index is 10.2. The molecule has 1 nitrogen and oxygen atoms in total. The molecule has 0 saturated heterocycles. The molecule has 0 aliphatic carbocycles. The summed E-state index contributed by atoms with van der Waals surface area (Å²) in [5, 5.41) is 0. The number of unbranched alkanes of at least 4 members (excludes halogenated alkanes) is 15. The van der Waals surface area contributed by atoms with Crippen LogP contribution in [-0.2, 0) is 4.79 Å². The number of hydrogen-bond donors (Lipinski definition) is 0. The summed E-state index contributed by atoms with van der Waals surface area (Å²) >= 11 is 0. The molecular formula is C21H42O. The molecule has 0 N–H and O–H groups in total. The summed E-state index contributed by atoms with van der Waals surface area (Å²) in [4.78, 5) is 10.2. The SMILES string of the molecule is CC(C)CCCCCCCCCCCCCCCCCC=O. The second kappa shape index (κ2) is 18.7. The average Bonchev–Trinajstić information content (AvgIpc) is 2.50. The smallest absolute Gasteiger partial charge is 0.119 e. The first kappa shape index (κ1) is 21.7. The molecule has 0 radical (unpaired) electrons. The van der Waals surface area contributed by atoms with E-state index in [1.807, 2.05) is 0 Å². The van der Waals surface area contributed by atoms with Gasteiger partial charge in [0.25, 0.3) is 0 Å². The van der Waals surface area contributed by atoms with Gasteiger partial charge in [-0.25, -0.2) is 0 Å². The lowest BCUT2D eigenvalue weighted by Crippen LogP contribution is -1.87. The molecule has 0 spiro atoms. The van der Waals surface area contributed by atoms with E-state index in [2.05, 4.69) is 13.8 Å². The summed E-state index contributed by atoms with van der Waals surface area (Å²) in [6.07, 6.45) is 24.1. The third kappa shape index (κ3) is 19.7. The van der Waals surface area contributed by atoms with E-state index in [1.165, 1.54) is 96.3 Å². The maximum atomic E-state index is 10.2. The van der Waals surface area contributed by atoms with Crippen molar-refractivity contribution < 1.29 is 4.79 Å². The zero-order valence-corrected chi connectivity index (χ0v) is 15.6. The number of carbonyl (C=O) groups excluding carboxylic acids is 1. The summed E-state index contributed by atoms with van der Waals surface area (Å²) < 4.78 is 0. The number of hydrogen-bond acceptors (Lipinski definition) is 1. The molecule has 0 aromatic carbocycles. The topological polar surface area (TPSA) is 17.1 Å². The molecule has 0 heterocycles. The van der Waals surface area contributed by atoms with E-state index in [0.29, 0.717) is 0 Å². The Hall–Kier alpha value is -0.330. The highest BCUT2D eigenvalue weighted by Crippen LogP contribution is 2.14. The third-order valence-electron chi connectivity index (χ3n) is 4.60. The van der Waals surface area contributed by atoms with Gasteiger partial charge in [-0.2, -0.15) is 0 Å². The maximum Gasteiger partial charge on any atom is 0.119 e. The molecule has 0 fully saturated rings. The highest BCUT2D eigenvalue weighted by Gasteiger charge is 1.96. The first-order valence-electron chi connectivity index (χ1n) is 10.2. The monoisotopic (exact) mass is 310 g/mol. The molecule has 0 saturated carbocycles. The van der Waals surface area contributed by atoms with Gasteiger partial charge in [0.2, 0.25) is 0 Å². The number of carbonyl (C=O) groups is 1. The van der Waals surface area contributed by atoms with E-state index < -0.39 is 0 Å². The Morgan fingerprint density at radius 1 is 0.545 bits per heavy atom. The van der Waals surface area contributed by atoms with Crippen LogP contribution in [0.4, 0.5) is 0 Å². The molecule has 0 bridgehead atoms. The molecule has 22 heavy (non-hydrogen) atoms. The van der Waals surface area contributed by atoms with Crippen LogP contribution in [0.5, 0.6) is 0 Å². The van der Waals surface area contributed by atoms with Crippen molar-refractivity contribution in [1.82, 2.24) is 0 Å². The molecule has 0 unspecified atom stereocenters. The van der Waals surface area contributed by atoms with Crippen molar-refractivity contribution in [2.75, 3.05) is 0 Å². The summed E-state index contributed by atoms with van der Waals surface area (Å²) in [7, 11) is 0. The van der Waals surface area contributed by atoms with Gasteiger partial charge < -0.3 is 4.79 Å². The number of rotatable bonds is 18. The van der Waals surface area contributed by atoms with Crippen LogP contribution < -0.4 is 0 Å². The Morgan fingerprint density at radius 3 is 1.18 bits per heavy atom. The van der Waals surface area contributed by atoms with E-state index in [0.717, 1.165) is 25.0 Å². The second-order valence-electron chi connectivity index (χ2n) is 7.44. The van der Waals surface area contributed by atoms with Crippen LogP contribution >= 0.6 is 0 Å². The predicted octanol–water partition coefficient (Wildman–Crippen LogP) is 7.47. The second-order valence-corrected chi connectivity index (χ2v) is 7.44. The fourth-order valence-corrected chi connectivity index (χ4v) is 3.08. The Kier molecular flexibility index (Phi) is 18.4. The summed E-state index contributed by atoms with van der Waals surface area (Å²) in [6.45, 7) is 4.65. The summed E-state index contributed by atoms with van der Waals surface area (Å²) in [5.41, 5.74) is 0. The van der Waals surface area contributed by atoms with Gasteiger partial charge in [-0.3, -0.25) is 0 Å². The van der Waals surface area contributed by atoms with Crippen LogP contribution in [0.25, 0.3) is 0 Å². The minimum absolute atomic E-state index is 0.762. The molecule has 0 aromatic rings. The Bertz CT molecular complexity index is 210. The van der Waals surface area contributed by atoms with Crippen molar-refractivity contribution in [3.63, 3.8) is 0 Å². The molecule has 0 amide bonds. The zero-order valence-electron chi connectivity index (χ0n) is 15.6. The quantitative estimate of drug-likeness (QED) is 0.189. The van der Waals surface area contributed by atoms with Crippen molar-refractivity contribution in [3.05, 3.63) is 0 Å². The van der Waals surface area contributed by atoms with Crippen LogP contribution in [-0.4, -0.2) is 6.29 Å². The highest BCUT2D eigenvalue weighted by atomic mass is 16.1. The normalized spacial score (nSPS) is 11.2. The molecular weight excluding hydrogens is 268 g/mol. The molecule has 132 valence electrons. The van der Waals surface area contributed by atoms with Crippen molar-refractivity contribution in [3.8, 4) is 0 Å². The van der Waals surface area contributed by atoms with Crippen molar-refractivity contribution in [2.24, 2.45) is 5.92 Å². The highest BCUT2D eigenvalue weighted by molar-refractivity contribution is 5.48. The molecule has 0 aromatic heterocycles. The Morgan fingerprint density at radius 2 is 0.864 bits per heavy atom. The predicted molar refractivity (Wildman–Crippen MR) is 99.4 cm³/mol.